The fourth-order valence-corrected chi connectivity index (χ4v) is 1.39. The van der Waals surface area contributed by atoms with Gasteiger partial charge in [0.15, 0.2) is 17.3 Å². The number of methoxy groups -OCH3 is 2. The minimum absolute atomic E-state index is 0.241. The topological polar surface area (TPSA) is 96.0 Å². The Kier molecular flexibility index (Phi) is 2.99. The van der Waals surface area contributed by atoms with Crippen LogP contribution in [0.25, 0.3) is 11.4 Å². The fourth-order valence-electron chi connectivity index (χ4n) is 1.39. The summed E-state index contributed by atoms with van der Waals surface area (Å²) in [5.74, 6) is 0.945. The van der Waals surface area contributed by atoms with Crippen LogP contribution in [0, 0.1) is 0 Å². The molecule has 2 N–H and O–H groups in total. The Morgan fingerprint density at radius 2 is 1.71 bits per heavy atom. The van der Waals surface area contributed by atoms with Crippen LogP contribution in [0.15, 0.2) is 18.7 Å². The Balaban J connectivity index is 2.64. The molecule has 0 radical (unpaired) electrons. The molecule has 0 atom stereocenters. The van der Waals surface area contributed by atoms with Crippen molar-refractivity contribution in [1.29, 1.82) is 0 Å². The summed E-state index contributed by atoms with van der Waals surface area (Å²) >= 11 is 0. The fraction of sp³-hybridized carbons (Fsp3) is 0.200. The maximum Gasteiger partial charge on any atom is 0.242 e. The molecule has 2 rings (SSSR count). The molecule has 0 amide bonds. The number of hydrogen-bond donors (Lipinski definition) is 1. The Morgan fingerprint density at radius 1 is 0.941 bits per heavy atom. The van der Waals surface area contributed by atoms with Gasteiger partial charge in [0.25, 0.3) is 0 Å². The summed E-state index contributed by atoms with van der Waals surface area (Å²) in [5, 5.41) is 0. The molecule has 0 bridgehead atoms. The minimum Gasteiger partial charge on any atom is -0.491 e. The van der Waals surface area contributed by atoms with E-state index in [0.29, 0.717) is 23.0 Å². The number of hydrogen-bond acceptors (Lipinski definition) is 7. The zero-order valence-electron chi connectivity index (χ0n) is 9.41. The van der Waals surface area contributed by atoms with Gasteiger partial charge >= 0.3 is 0 Å². The minimum atomic E-state index is 0.241. The second-order valence-electron chi connectivity index (χ2n) is 3.05. The summed E-state index contributed by atoms with van der Waals surface area (Å²) in [5.41, 5.74) is 6.60. The molecule has 2 aromatic rings. The van der Waals surface area contributed by atoms with Crippen molar-refractivity contribution in [2.24, 2.45) is 0 Å². The number of nitrogens with zero attached hydrogens (tertiary/aromatic N) is 4. The van der Waals surface area contributed by atoms with Crippen LogP contribution in [0.5, 0.6) is 11.6 Å². The number of anilines is 1. The van der Waals surface area contributed by atoms with Gasteiger partial charge in [0.1, 0.15) is 12.0 Å². The lowest BCUT2D eigenvalue weighted by Gasteiger charge is -2.09. The van der Waals surface area contributed by atoms with E-state index in [4.69, 9.17) is 15.2 Å². The van der Waals surface area contributed by atoms with Gasteiger partial charge in [0, 0.05) is 12.4 Å². The molecule has 0 aliphatic rings. The summed E-state index contributed by atoms with van der Waals surface area (Å²) in [6, 6.07) is 0. The van der Waals surface area contributed by atoms with Crippen LogP contribution in [0.2, 0.25) is 0 Å². The molecule has 0 spiro atoms. The van der Waals surface area contributed by atoms with Gasteiger partial charge in [0.05, 0.1) is 14.2 Å². The van der Waals surface area contributed by atoms with Crippen LogP contribution in [0.4, 0.5) is 5.82 Å². The molecule has 7 heteroatoms. The quantitative estimate of drug-likeness (QED) is 0.826. The average molecular weight is 233 g/mol. The van der Waals surface area contributed by atoms with Crippen LogP contribution in [-0.4, -0.2) is 34.2 Å². The van der Waals surface area contributed by atoms with Crippen LogP contribution in [-0.2, 0) is 0 Å². The van der Waals surface area contributed by atoms with Crippen LogP contribution >= 0.6 is 0 Å². The van der Waals surface area contributed by atoms with Gasteiger partial charge in [0.2, 0.25) is 5.88 Å². The predicted octanol–water partition coefficient (Wildman–Crippen LogP) is 0.533. The Bertz CT molecular complexity index is 532. The van der Waals surface area contributed by atoms with Crippen molar-refractivity contribution < 1.29 is 9.47 Å². The maximum absolute atomic E-state index is 5.70. The highest BCUT2D eigenvalue weighted by atomic mass is 16.5. The molecule has 0 aliphatic heterocycles. The van der Waals surface area contributed by atoms with Crippen LogP contribution in [0.3, 0.4) is 0 Å². The van der Waals surface area contributed by atoms with Gasteiger partial charge in [-0.1, -0.05) is 0 Å². The molecule has 2 aromatic heterocycles. The van der Waals surface area contributed by atoms with Gasteiger partial charge < -0.3 is 15.2 Å². The van der Waals surface area contributed by atoms with E-state index in [1.54, 1.807) is 0 Å². The second kappa shape index (κ2) is 4.60. The third kappa shape index (κ3) is 1.94. The Hall–Kier alpha value is -2.44. The largest absolute Gasteiger partial charge is 0.491 e. The van der Waals surface area contributed by atoms with Gasteiger partial charge in [-0.15, -0.1) is 0 Å². The summed E-state index contributed by atoms with van der Waals surface area (Å²) in [7, 11) is 2.99. The molecule has 2 heterocycles. The van der Waals surface area contributed by atoms with E-state index in [1.807, 2.05) is 0 Å². The normalized spacial score (nSPS) is 10.0. The van der Waals surface area contributed by atoms with Crippen molar-refractivity contribution in [2.45, 2.75) is 0 Å². The van der Waals surface area contributed by atoms with E-state index >= 15 is 0 Å². The van der Waals surface area contributed by atoms with Crippen molar-refractivity contribution in [3.63, 3.8) is 0 Å². The molecule has 0 fully saturated rings. The van der Waals surface area contributed by atoms with Gasteiger partial charge in [-0.3, -0.25) is 0 Å². The predicted molar refractivity (Wildman–Crippen MR) is 60.6 cm³/mol. The molecular formula is C10H11N5O2. The molecule has 7 nitrogen and oxygen atoms in total. The molecule has 0 unspecified atom stereocenters. The SMILES string of the molecule is COc1nccnc1-c1ncnc(N)c1OC. The van der Waals surface area contributed by atoms with Crippen molar-refractivity contribution in [3.05, 3.63) is 18.7 Å². The summed E-state index contributed by atoms with van der Waals surface area (Å²) in [6.45, 7) is 0. The first kappa shape index (κ1) is 11.1. The number of nitrogens with two attached hydrogens (primary N) is 1. The van der Waals surface area contributed by atoms with Gasteiger partial charge in [-0.25, -0.2) is 19.9 Å². The number of rotatable bonds is 3. The monoisotopic (exact) mass is 233 g/mol. The van der Waals surface area contributed by atoms with Gasteiger partial charge in [-0.2, -0.15) is 0 Å². The summed E-state index contributed by atoms with van der Waals surface area (Å²) < 4.78 is 10.3. The highest BCUT2D eigenvalue weighted by molar-refractivity contribution is 5.71. The Morgan fingerprint density at radius 3 is 2.41 bits per heavy atom. The molecule has 17 heavy (non-hydrogen) atoms. The van der Waals surface area contributed by atoms with E-state index in [2.05, 4.69) is 19.9 Å². The van der Waals surface area contributed by atoms with E-state index in [-0.39, 0.29) is 5.82 Å². The van der Waals surface area contributed by atoms with Crippen LogP contribution < -0.4 is 15.2 Å². The lowest BCUT2D eigenvalue weighted by molar-refractivity contribution is 0.395. The molecule has 0 aliphatic carbocycles. The standard InChI is InChI=1S/C10H11N5O2/c1-16-8-6(14-5-15-9(8)11)7-10(17-2)13-4-3-12-7/h3-5H,1-2H3,(H2,11,14,15). The first-order valence-corrected chi connectivity index (χ1v) is 4.77. The van der Waals surface area contributed by atoms with Crippen LogP contribution in [0.1, 0.15) is 0 Å². The highest BCUT2D eigenvalue weighted by Crippen LogP contribution is 2.33. The van der Waals surface area contributed by atoms with E-state index in [9.17, 15) is 0 Å². The highest BCUT2D eigenvalue weighted by Gasteiger charge is 2.17. The maximum atomic E-state index is 5.70. The zero-order chi connectivity index (χ0) is 12.3. The van der Waals surface area contributed by atoms with Crippen molar-refractivity contribution in [2.75, 3.05) is 20.0 Å². The lowest BCUT2D eigenvalue weighted by atomic mass is 10.2. The molecule has 0 saturated carbocycles. The van der Waals surface area contributed by atoms with Crippen molar-refractivity contribution >= 4 is 5.82 Å². The van der Waals surface area contributed by atoms with E-state index in [0.717, 1.165) is 0 Å². The Labute approximate surface area is 97.7 Å². The smallest absolute Gasteiger partial charge is 0.242 e. The zero-order valence-corrected chi connectivity index (χ0v) is 9.41. The van der Waals surface area contributed by atoms with Crippen molar-refractivity contribution in [1.82, 2.24) is 19.9 Å². The third-order valence-electron chi connectivity index (χ3n) is 2.12. The lowest BCUT2D eigenvalue weighted by Crippen LogP contribution is -2.02. The number of nitrogen functional groups attached to an aromatic ring is 1. The third-order valence-corrected chi connectivity index (χ3v) is 2.12. The summed E-state index contributed by atoms with van der Waals surface area (Å²) in [4.78, 5) is 16.1. The summed E-state index contributed by atoms with van der Waals surface area (Å²) in [6.07, 6.45) is 4.40. The number of ether oxygens (including phenoxy) is 2. The second-order valence-corrected chi connectivity index (χ2v) is 3.05. The molecular weight excluding hydrogens is 222 g/mol. The number of aromatic nitrogens is 4. The first-order chi connectivity index (χ1) is 8.27. The molecule has 0 aromatic carbocycles. The first-order valence-electron chi connectivity index (χ1n) is 4.77. The van der Waals surface area contributed by atoms with E-state index in [1.165, 1.54) is 32.9 Å². The van der Waals surface area contributed by atoms with E-state index < -0.39 is 0 Å². The molecule has 88 valence electrons. The van der Waals surface area contributed by atoms with Crippen molar-refractivity contribution in [3.8, 4) is 23.0 Å². The van der Waals surface area contributed by atoms with Gasteiger partial charge in [-0.05, 0) is 0 Å². The average Bonchev–Trinajstić information content (AvgIpc) is 2.38. The molecule has 0 saturated heterocycles.